The van der Waals surface area contributed by atoms with Crippen molar-refractivity contribution in [3.05, 3.63) is 12.4 Å². The van der Waals surface area contributed by atoms with E-state index >= 15 is 0 Å². The van der Waals surface area contributed by atoms with Crippen LogP contribution in [0.25, 0.3) is 0 Å². The second-order valence-corrected chi connectivity index (χ2v) is 6.83. The highest BCUT2D eigenvalue weighted by Crippen LogP contribution is 2.37. The minimum absolute atomic E-state index is 0.182. The Morgan fingerprint density at radius 2 is 2.15 bits per heavy atom. The average Bonchev–Trinajstić information content (AvgIpc) is 3.03. The fourth-order valence-corrected chi connectivity index (χ4v) is 2.53. The molecule has 3 amide bonds. The maximum Gasteiger partial charge on any atom is 0.321 e. The van der Waals surface area contributed by atoms with Crippen molar-refractivity contribution in [2.75, 3.05) is 5.75 Å². The SMILES string of the molecule is CC(C)(C)NC(=O)NC(=O)CSc1nccn1C1CC1. The van der Waals surface area contributed by atoms with E-state index in [0.717, 1.165) is 5.16 Å². The van der Waals surface area contributed by atoms with Crippen LogP contribution in [0.3, 0.4) is 0 Å². The maximum atomic E-state index is 11.7. The van der Waals surface area contributed by atoms with Gasteiger partial charge in [0.15, 0.2) is 5.16 Å². The standard InChI is InChI=1S/C13H20N4O2S/c1-13(2,3)16-11(19)15-10(18)8-20-12-14-6-7-17(12)9-4-5-9/h6-7,9H,4-5,8H2,1-3H3,(H2,15,16,18,19). The monoisotopic (exact) mass is 296 g/mol. The number of imide groups is 1. The molecule has 1 aliphatic rings. The quantitative estimate of drug-likeness (QED) is 0.833. The van der Waals surface area contributed by atoms with Crippen LogP contribution < -0.4 is 10.6 Å². The van der Waals surface area contributed by atoms with Crippen molar-refractivity contribution in [2.24, 2.45) is 0 Å². The van der Waals surface area contributed by atoms with E-state index < -0.39 is 6.03 Å². The van der Waals surface area contributed by atoms with Crippen LogP contribution in [0.5, 0.6) is 0 Å². The third kappa shape index (κ3) is 4.56. The number of rotatable bonds is 4. The van der Waals surface area contributed by atoms with Gasteiger partial charge in [-0.15, -0.1) is 0 Å². The first-order valence-corrected chi connectivity index (χ1v) is 7.61. The molecule has 0 aromatic carbocycles. The molecule has 0 aliphatic heterocycles. The molecule has 0 unspecified atom stereocenters. The Kier molecular flexibility index (Phi) is 4.37. The predicted octanol–water partition coefficient (Wildman–Crippen LogP) is 1.93. The summed E-state index contributed by atoms with van der Waals surface area (Å²) in [7, 11) is 0. The molecule has 1 saturated carbocycles. The van der Waals surface area contributed by atoms with E-state index in [4.69, 9.17) is 0 Å². The molecule has 110 valence electrons. The number of amides is 3. The highest BCUT2D eigenvalue weighted by Gasteiger charge is 2.25. The Morgan fingerprint density at radius 1 is 1.45 bits per heavy atom. The van der Waals surface area contributed by atoms with Crippen LogP contribution in [-0.2, 0) is 4.79 Å². The van der Waals surface area contributed by atoms with Crippen molar-refractivity contribution in [1.29, 1.82) is 0 Å². The summed E-state index contributed by atoms with van der Waals surface area (Å²) in [5.41, 5.74) is -0.361. The molecular formula is C13H20N4O2S. The third-order valence-electron chi connectivity index (χ3n) is 2.65. The molecule has 0 bridgehead atoms. The topological polar surface area (TPSA) is 76.0 Å². The molecule has 7 heteroatoms. The molecular weight excluding hydrogens is 276 g/mol. The van der Waals surface area contributed by atoms with E-state index in [9.17, 15) is 9.59 Å². The first-order valence-electron chi connectivity index (χ1n) is 6.63. The van der Waals surface area contributed by atoms with Crippen molar-refractivity contribution in [1.82, 2.24) is 20.2 Å². The lowest BCUT2D eigenvalue weighted by Gasteiger charge is -2.20. The van der Waals surface area contributed by atoms with Gasteiger partial charge in [0.05, 0.1) is 5.75 Å². The van der Waals surface area contributed by atoms with Crippen LogP contribution in [0.1, 0.15) is 39.7 Å². The molecule has 1 aromatic heterocycles. The summed E-state index contributed by atoms with van der Waals surface area (Å²) < 4.78 is 2.09. The number of carbonyl (C=O) groups excluding carboxylic acids is 2. The molecule has 1 heterocycles. The summed E-state index contributed by atoms with van der Waals surface area (Å²) in [5.74, 6) is -0.136. The fraction of sp³-hybridized carbons (Fsp3) is 0.615. The van der Waals surface area contributed by atoms with Crippen molar-refractivity contribution in [3.63, 3.8) is 0 Å². The number of imidazole rings is 1. The smallest absolute Gasteiger partial charge is 0.321 e. The Labute approximate surface area is 122 Å². The number of carbonyl (C=O) groups is 2. The summed E-state index contributed by atoms with van der Waals surface area (Å²) in [4.78, 5) is 27.5. The summed E-state index contributed by atoms with van der Waals surface area (Å²) in [6.45, 7) is 5.58. The number of nitrogens with one attached hydrogen (secondary N) is 2. The van der Waals surface area contributed by atoms with E-state index in [1.165, 1.54) is 24.6 Å². The number of urea groups is 1. The zero-order chi connectivity index (χ0) is 14.8. The van der Waals surface area contributed by atoms with E-state index in [-0.39, 0.29) is 17.2 Å². The maximum absolute atomic E-state index is 11.7. The molecule has 6 nitrogen and oxygen atoms in total. The van der Waals surface area contributed by atoms with Gasteiger partial charge in [0, 0.05) is 24.0 Å². The minimum Gasteiger partial charge on any atom is -0.333 e. The zero-order valence-corrected chi connectivity index (χ0v) is 12.8. The molecule has 0 spiro atoms. The number of nitrogens with zero attached hydrogens (tertiary/aromatic N) is 2. The van der Waals surface area contributed by atoms with E-state index in [0.29, 0.717) is 6.04 Å². The van der Waals surface area contributed by atoms with E-state index in [2.05, 4.69) is 20.2 Å². The zero-order valence-electron chi connectivity index (χ0n) is 12.0. The van der Waals surface area contributed by atoms with Gasteiger partial charge in [0.1, 0.15) is 0 Å². The largest absolute Gasteiger partial charge is 0.333 e. The van der Waals surface area contributed by atoms with Crippen molar-refractivity contribution in [2.45, 2.75) is 50.4 Å². The molecule has 2 rings (SSSR count). The highest BCUT2D eigenvalue weighted by molar-refractivity contribution is 7.99. The highest BCUT2D eigenvalue weighted by atomic mass is 32.2. The van der Waals surface area contributed by atoms with Crippen LogP contribution in [-0.4, -0.2) is 32.8 Å². The minimum atomic E-state index is -0.464. The molecule has 0 saturated heterocycles. The number of thioether (sulfide) groups is 1. The van der Waals surface area contributed by atoms with Gasteiger partial charge in [-0.05, 0) is 33.6 Å². The van der Waals surface area contributed by atoms with Crippen LogP contribution in [0.4, 0.5) is 4.79 Å². The summed E-state index contributed by atoms with van der Waals surface area (Å²) in [6.07, 6.45) is 6.02. The Balaban J connectivity index is 1.77. The summed E-state index contributed by atoms with van der Waals surface area (Å²) >= 11 is 1.35. The third-order valence-corrected chi connectivity index (χ3v) is 3.63. The Morgan fingerprint density at radius 3 is 2.75 bits per heavy atom. The molecule has 0 atom stereocenters. The van der Waals surface area contributed by atoms with Gasteiger partial charge in [0.25, 0.3) is 0 Å². The molecule has 1 fully saturated rings. The molecule has 2 N–H and O–H groups in total. The second kappa shape index (κ2) is 5.87. The number of hydrogen-bond donors (Lipinski definition) is 2. The van der Waals surface area contributed by atoms with Crippen LogP contribution in [0.2, 0.25) is 0 Å². The van der Waals surface area contributed by atoms with Crippen molar-refractivity contribution < 1.29 is 9.59 Å². The van der Waals surface area contributed by atoms with Gasteiger partial charge in [-0.2, -0.15) is 0 Å². The normalized spacial score (nSPS) is 14.9. The van der Waals surface area contributed by atoms with Gasteiger partial charge in [0.2, 0.25) is 5.91 Å². The van der Waals surface area contributed by atoms with Crippen molar-refractivity contribution in [3.8, 4) is 0 Å². The Bertz CT molecular complexity index is 503. The van der Waals surface area contributed by atoms with Gasteiger partial charge in [-0.1, -0.05) is 11.8 Å². The predicted molar refractivity (Wildman–Crippen MR) is 77.6 cm³/mol. The van der Waals surface area contributed by atoms with Crippen LogP contribution in [0, 0.1) is 0 Å². The number of hydrogen-bond acceptors (Lipinski definition) is 4. The van der Waals surface area contributed by atoms with E-state index in [1.54, 1.807) is 6.20 Å². The van der Waals surface area contributed by atoms with E-state index in [1.807, 2.05) is 27.0 Å². The van der Waals surface area contributed by atoms with Crippen LogP contribution in [0.15, 0.2) is 17.6 Å². The summed E-state index contributed by atoms with van der Waals surface area (Å²) in [5, 5.41) is 5.83. The van der Waals surface area contributed by atoms with Gasteiger partial charge in [-0.25, -0.2) is 9.78 Å². The second-order valence-electron chi connectivity index (χ2n) is 5.89. The molecule has 20 heavy (non-hydrogen) atoms. The number of aromatic nitrogens is 2. The Hall–Kier alpha value is -1.50. The lowest BCUT2D eigenvalue weighted by molar-refractivity contribution is -0.117. The fourth-order valence-electron chi connectivity index (χ4n) is 1.71. The lowest BCUT2D eigenvalue weighted by atomic mass is 10.1. The van der Waals surface area contributed by atoms with Gasteiger partial charge in [-0.3, -0.25) is 10.1 Å². The molecule has 1 aliphatic carbocycles. The average molecular weight is 296 g/mol. The first kappa shape index (κ1) is 14.9. The lowest BCUT2D eigenvalue weighted by Crippen LogP contribution is -2.48. The van der Waals surface area contributed by atoms with Crippen molar-refractivity contribution >= 4 is 23.7 Å². The summed E-state index contributed by atoms with van der Waals surface area (Å²) in [6, 6.07) is 0.0703. The van der Waals surface area contributed by atoms with Gasteiger partial charge >= 0.3 is 6.03 Å². The molecule has 0 radical (unpaired) electrons. The van der Waals surface area contributed by atoms with Crippen LogP contribution >= 0.6 is 11.8 Å². The first-order chi connectivity index (χ1) is 9.35. The van der Waals surface area contributed by atoms with Gasteiger partial charge < -0.3 is 9.88 Å². The molecule has 1 aromatic rings.